The van der Waals surface area contributed by atoms with Crippen molar-refractivity contribution in [2.45, 2.75) is 83.5 Å². The molecule has 2 aromatic rings. The summed E-state index contributed by atoms with van der Waals surface area (Å²) in [5, 5.41) is 19.6. The zero-order chi connectivity index (χ0) is 28.5. The number of hydrogen-bond acceptors (Lipinski definition) is 5. The SMILES string of the molecule is CC(C)[C@H](NC(=O)c1ccc2ccccc2c1)C(=O)N[C@@H](C)C(=O)N[C@@H](CC(=O)O)CN(C)C1CCCCC1. The Balaban J connectivity index is 1.60. The summed E-state index contributed by atoms with van der Waals surface area (Å²) in [6, 6.07) is 11.1. The maximum atomic E-state index is 13.1. The zero-order valence-electron chi connectivity index (χ0n) is 23.4. The Bertz CT molecular complexity index is 1160. The number of carbonyl (C=O) groups excluding carboxylic acids is 3. The van der Waals surface area contributed by atoms with Gasteiger partial charge in [-0.1, -0.05) is 63.4 Å². The number of nitrogens with zero attached hydrogens (tertiary/aromatic N) is 1. The molecule has 9 heteroatoms. The quantitative estimate of drug-likeness (QED) is 0.328. The van der Waals surface area contributed by atoms with Crippen LogP contribution in [0.2, 0.25) is 0 Å². The van der Waals surface area contributed by atoms with Crippen LogP contribution in [0.5, 0.6) is 0 Å². The second kappa shape index (κ2) is 14.1. The molecule has 1 fully saturated rings. The standard InChI is InChI=1S/C30H42N4O5/c1-19(2)27(33-29(38)23-15-14-21-10-8-9-11-22(21)16-23)30(39)31-20(3)28(37)32-24(17-26(35)36)18-34(4)25-12-6-5-7-13-25/h8-11,14-16,19-20,24-25,27H,5-7,12-13,17-18H2,1-4H3,(H,31,39)(H,32,37)(H,33,38)(H,35,36)/t20-,24-,27-/m0/s1. The van der Waals surface area contributed by atoms with E-state index in [1.54, 1.807) is 19.1 Å². The van der Waals surface area contributed by atoms with E-state index in [-0.39, 0.29) is 18.2 Å². The molecule has 0 saturated heterocycles. The molecule has 1 aliphatic carbocycles. The van der Waals surface area contributed by atoms with Crippen LogP contribution < -0.4 is 16.0 Å². The Morgan fingerprint density at radius 1 is 0.897 bits per heavy atom. The van der Waals surface area contributed by atoms with Crippen molar-refractivity contribution in [1.29, 1.82) is 0 Å². The normalized spacial score (nSPS) is 16.5. The van der Waals surface area contributed by atoms with Crippen molar-refractivity contribution in [1.82, 2.24) is 20.9 Å². The molecule has 1 aliphatic rings. The molecule has 3 amide bonds. The van der Waals surface area contributed by atoms with Gasteiger partial charge in [0, 0.05) is 18.2 Å². The maximum absolute atomic E-state index is 13.1. The Kier molecular flexibility index (Phi) is 10.9. The van der Waals surface area contributed by atoms with Crippen LogP contribution in [0.4, 0.5) is 0 Å². The Morgan fingerprint density at radius 3 is 2.21 bits per heavy atom. The largest absolute Gasteiger partial charge is 0.481 e. The third kappa shape index (κ3) is 8.78. The molecule has 1 saturated carbocycles. The van der Waals surface area contributed by atoms with E-state index in [4.69, 9.17) is 0 Å². The first-order valence-corrected chi connectivity index (χ1v) is 13.9. The highest BCUT2D eigenvalue weighted by Crippen LogP contribution is 2.22. The van der Waals surface area contributed by atoms with Crippen LogP contribution >= 0.6 is 0 Å². The number of hydrogen-bond donors (Lipinski definition) is 4. The molecule has 2 aromatic carbocycles. The molecule has 9 nitrogen and oxygen atoms in total. The summed E-state index contributed by atoms with van der Waals surface area (Å²) in [5.41, 5.74) is 0.441. The van der Waals surface area contributed by atoms with Crippen molar-refractivity contribution < 1.29 is 24.3 Å². The molecule has 0 aromatic heterocycles. The molecule has 39 heavy (non-hydrogen) atoms. The van der Waals surface area contributed by atoms with Crippen LogP contribution in [-0.4, -0.2) is 71.5 Å². The number of nitrogens with one attached hydrogen (secondary N) is 3. The predicted molar refractivity (Wildman–Crippen MR) is 151 cm³/mol. The highest BCUT2D eigenvalue weighted by Gasteiger charge is 2.29. The van der Waals surface area contributed by atoms with Crippen molar-refractivity contribution in [3.63, 3.8) is 0 Å². The van der Waals surface area contributed by atoms with Crippen molar-refractivity contribution in [2.75, 3.05) is 13.6 Å². The fraction of sp³-hybridized carbons (Fsp3) is 0.533. The monoisotopic (exact) mass is 538 g/mol. The number of likely N-dealkylation sites (N-methyl/N-ethyl adjacent to an activating group) is 1. The van der Waals surface area contributed by atoms with Gasteiger partial charge in [-0.25, -0.2) is 0 Å². The first-order valence-electron chi connectivity index (χ1n) is 13.9. The van der Waals surface area contributed by atoms with Crippen LogP contribution in [0, 0.1) is 5.92 Å². The van der Waals surface area contributed by atoms with E-state index in [0.29, 0.717) is 18.2 Å². The topological polar surface area (TPSA) is 128 Å². The second-order valence-electron chi connectivity index (χ2n) is 11.0. The van der Waals surface area contributed by atoms with E-state index in [9.17, 15) is 24.3 Å². The Hall–Kier alpha value is -3.46. The highest BCUT2D eigenvalue weighted by molar-refractivity contribution is 6.01. The molecular weight excluding hydrogens is 496 g/mol. The summed E-state index contributed by atoms with van der Waals surface area (Å²) in [6.45, 7) is 5.61. The minimum Gasteiger partial charge on any atom is -0.481 e. The molecule has 0 spiro atoms. The molecule has 0 aliphatic heterocycles. The summed E-state index contributed by atoms with van der Waals surface area (Å²) < 4.78 is 0. The van der Waals surface area contributed by atoms with Gasteiger partial charge in [0.15, 0.2) is 0 Å². The molecule has 0 radical (unpaired) electrons. The van der Waals surface area contributed by atoms with Gasteiger partial charge in [0.25, 0.3) is 5.91 Å². The first kappa shape index (κ1) is 30.1. The van der Waals surface area contributed by atoms with Crippen molar-refractivity contribution >= 4 is 34.5 Å². The number of benzene rings is 2. The molecule has 0 unspecified atom stereocenters. The predicted octanol–water partition coefficient (Wildman–Crippen LogP) is 3.32. The number of carboxylic acid groups (broad SMARTS) is 1. The number of aliphatic carboxylic acids is 1. The molecular formula is C30H42N4O5. The fourth-order valence-corrected chi connectivity index (χ4v) is 5.18. The first-order chi connectivity index (χ1) is 18.5. The van der Waals surface area contributed by atoms with Gasteiger partial charge in [-0.2, -0.15) is 0 Å². The summed E-state index contributed by atoms with van der Waals surface area (Å²) in [5.74, 6) is -2.54. The van der Waals surface area contributed by atoms with Gasteiger partial charge in [-0.05, 0) is 55.6 Å². The van der Waals surface area contributed by atoms with E-state index < -0.39 is 35.9 Å². The van der Waals surface area contributed by atoms with Crippen LogP contribution in [0.25, 0.3) is 10.8 Å². The number of fused-ring (bicyclic) bond motifs is 1. The average molecular weight is 539 g/mol. The zero-order valence-corrected chi connectivity index (χ0v) is 23.4. The molecule has 0 bridgehead atoms. The lowest BCUT2D eigenvalue weighted by Gasteiger charge is -2.34. The van der Waals surface area contributed by atoms with Crippen molar-refractivity contribution in [2.24, 2.45) is 5.92 Å². The maximum Gasteiger partial charge on any atom is 0.305 e. The Labute approximate surface area is 230 Å². The van der Waals surface area contributed by atoms with Crippen LogP contribution in [-0.2, 0) is 14.4 Å². The van der Waals surface area contributed by atoms with Gasteiger partial charge in [-0.15, -0.1) is 0 Å². The van der Waals surface area contributed by atoms with Gasteiger partial charge < -0.3 is 26.0 Å². The minimum atomic E-state index is -0.995. The van der Waals surface area contributed by atoms with Gasteiger partial charge in [0.05, 0.1) is 12.5 Å². The lowest BCUT2D eigenvalue weighted by Crippen LogP contribution is -2.56. The van der Waals surface area contributed by atoms with Gasteiger partial charge in [0.1, 0.15) is 12.1 Å². The van der Waals surface area contributed by atoms with Crippen LogP contribution in [0.1, 0.15) is 69.7 Å². The Morgan fingerprint density at radius 2 is 1.56 bits per heavy atom. The summed E-state index contributed by atoms with van der Waals surface area (Å²) >= 11 is 0. The molecule has 3 atom stereocenters. The third-order valence-electron chi connectivity index (χ3n) is 7.47. The fourth-order valence-electron chi connectivity index (χ4n) is 5.18. The summed E-state index contributed by atoms with van der Waals surface area (Å²) in [4.78, 5) is 52.7. The minimum absolute atomic E-state index is 0.208. The molecule has 4 N–H and O–H groups in total. The van der Waals surface area contributed by atoms with E-state index >= 15 is 0 Å². The van der Waals surface area contributed by atoms with Gasteiger partial charge in [0.2, 0.25) is 11.8 Å². The molecule has 3 rings (SSSR count). The number of carboxylic acids is 1. The van der Waals surface area contributed by atoms with E-state index in [0.717, 1.165) is 36.5 Å². The average Bonchev–Trinajstić information content (AvgIpc) is 2.90. The van der Waals surface area contributed by atoms with Gasteiger partial charge >= 0.3 is 5.97 Å². The van der Waals surface area contributed by atoms with Crippen molar-refractivity contribution in [3.8, 4) is 0 Å². The molecule has 0 heterocycles. The smallest absolute Gasteiger partial charge is 0.305 e. The lowest BCUT2D eigenvalue weighted by molar-refractivity contribution is -0.138. The third-order valence-corrected chi connectivity index (χ3v) is 7.47. The second-order valence-corrected chi connectivity index (χ2v) is 11.0. The summed E-state index contributed by atoms with van der Waals surface area (Å²) in [7, 11) is 1.97. The van der Waals surface area contributed by atoms with E-state index in [2.05, 4.69) is 20.9 Å². The van der Waals surface area contributed by atoms with E-state index in [1.165, 1.54) is 6.42 Å². The van der Waals surface area contributed by atoms with Crippen molar-refractivity contribution in [3.05, 3.63) is 48.0 Å². The molecule has 212 valence electrons. The number of carbonyl (C=O) groups is 4. The van der Waals surface area contributed by atoms with Crippen LogP contribution in [0.15, 0.2) is 42.5 Å². The number of rotatable bonds is 12. The summed E-state index contributed by atoms with van der Waals surface area (Å²) in [6.07, 6.45) is 5.46. The number of amides is 3. The lowest BCUT2D eigenvalue weighted by atomic mass is 9.94. The van der Waals surface area contributed by atoms with Crippen LogP contribution in [0.3, 0.4) is 0 Å². The van der Waals surface area contributed by atoms with E-state index in [1.807, 2.05) is 51.2 Å². The van der Waals surface area contributed by atoms with Gasteiger partial charge in [-0.3, -0.25) is 19.2 Å². The highest BCUT2D eigenvalue weighted by atomic mass is 16.4.